The van der Waals surface area contributed by atoms with E-state index in [0.29, 0.717) is 6.42 Å². The highest BCUT2D eigenvalue weighted by Gasteiger charge is 2.31. The molecular formula is C16H21NO3S. The normalized spacial score (nSPS) is 17.9. The van der Waals surface area contributed by atoms with Gasteiger partial charge in [-0.1, -0.05) is 38.3 Å². The minimum absolute atomic E-state index is 0.101. The summed E-state index contributed by atoms with van der Waals surface area (Å²) >= 11 is 0.755. The fraction of sp³-hybridized carbons (Fsp3) is 0.500. The van der Waals surface area contributed by atoms with Crippen molar-refractivity contribution in [3.63, 3.8) is 0 Å². The molecule has 0 saturated carbocycles. The van der Waals surface area contributed by atoms with Gasteiger partial charge >= 0.3 is 0 Å². The van der Waals surface area contributed by atoms with Crippen molar-refractivity contribution in [3.05, 3.63) is 29.8 Å². The molecule has 4 nitrogen and oxygen atoms in total. The number of unbranched alkanes of at least 4 members (excludes halogenated alkanes) is 3. The smallest absolute Gasteiger partial charge is 0.287 e. The molecule has 0 spiro atoms. The number of nitrogens with one attached hydrogen (secondary N) is 1. The molecule has 1 heterocycles. The first-order chi connectivity index (χ1) is 10.2. The molecule has 2 rings (SSSR count). The zero-order valence-corrected chi connectivity index (χ0v) is 13.1. The van der Waals surface area contributed by atoms with Gasteiger partial charge in [0.1, 0.15) is 11.8 Å². The highest BCUT2D eigenvalue weighted by atomic mass is 32.2. The van der Waals surface area contributed by atoms with E-state index in [9.17, 15) is 9.59 Å². The Morgan fingerprint density at radius 1 is 1.14 bits per heavy atom. The first kappa shape index (κ1) is 15.9. The average Bonchev–Trinajstić information content (AvgIpc) is 2.78. The summed E-state index contributed by atoms with van der Waals surface area (Å²) in [5, 5.41) is 2.31. The van der Waals surface area contributed by atoms with Gasteiger partial charge in [0.25, 0.3) is 5.24 Å². The molecule has 1 N–H and O–H groups in total. The van der Waals surface area contributed by atoms with E-state index in [4.69, 9.17) is 4.74 Å². The fourth-order valence-corrected chi connectivity index (χ4v) is 2.87. The van der Waals surface area contributed by atoms with Crippen LogP contribution in [-0.4, -0.2) is 23.0 Å². The van der Waals surface area contributed by atoms with Crippen molar-refractivity contribution in [3.8, 4) is 5.75 Å². The maximum absolute atomic E-state index is 11.5. The summed E-state index contributed by atoms with van der Waals surface area (Å²) in [5.41, 5.74) is 1.02. The van der Waals surface area contributed by atoms with Crippen LogP contribution in [0.2, 0.25) is 0 Å². The number of carbonyl (C=O) groups is 2. The summed E-state index contributed by atoms with van der Waals surface area (Å²) in [7, 11) is 0. The molecule has 1 amide bonds. The van der Waals surface area contributed by atoms with E-state index in [-0.39, 0.29) is 10.4 Å². The van der Waals surface area contributed by atoms with E-state index in [1.165, 1.54) is 19.3 Å². The number of benzene rings is 1. The fourth-order valence-electron chi connectivity index (χ4n) is 2.20. The summed E-state index contributed by atoms with van der Waals surface area (Å²) < 4.78 is 5.67. The van der Waals surface area contributed by atoms with Gasteiger partial charge in [-0.15, -0.1) is 0 Å². The van der Waals surface area contributed by atoms with E-state index in [1.54, 1.807) is 0 Å². The Labute approximate surface area is 129 Å². The summed E-state index contributed by atoms with van der Waals surface area (Å²) in [6.07, 6.45) is 5.30. The van der Waals surface area contributed by atoms with Crippen LogP contribution in [0.1, 0.15) is 38.2 Å². The van der Waals surface area contributed by atoms with Gasteiger partial charge in [0.15, 0.2) is 0 Å². The number of thioether (sulfide) groups is 1. The van der Waals surface area contributed by atoms with Gasteiger partial charge in [-0.2, -0.15) is 0 Å². The van der Waals surface area contributed by atoms with Gasteiger partial charge in [0.05, 0.1) is 6.61 Å². The second kappa shape index (κ2) is 8.08. The van der Waals surface area contributed by atoms with Crippen molar-refractivity contribution in [1.82, 2.24) is 5.32 Å². The van der Waals surface area contributed by atoms with Crippen LogP contribution in [-0.2, 0) is 11.2 Å². The Morgan fingerprint density at radius 3 is 2.52 bits per heavy atom. The van der Waals surface area contributed by atoms with Crippen LogP contribution in [0.3, 0.4) is 0 Å². The minimum atomic E-state index is -0.400. The third-order valence-corrected chi connectivity index (χ3v) is 4.19. The second-order valence-corrected chi connectivity index (χ2v) is 6.14. The molecule has 1 saturated heterocycles. The van der Waals surface area contributed by atoms with Gasteiger partial charge in [-0.25, -0.2) is 0 Å². The Hall–Kier alpha value is -1.49. The quantitative estimate of drug-likeness (QED) is 0.746. The summed E-state index contributed by atoms with van der Waals surface area (Å²) in [5.74, 6) is 0.853. The van der Waals surface area contributed by atoms with Crippen molar-refractivity contribution >= 4 is 22.1 Å². The van der Waals surface area contributed by atoms with Crippen molar-refractivity contribution < 1.29 is 14.3 Å². The van der Waals surface area contributed by atoms with E-state index in [1.807, 2.05) is 24.3 Å². The lowest BCUT2D eigenvalue weighted by molar-refractivity contribution is -0.112. The van der Waals surface area contributed by atoms with Crippen molar-refractivity contribution in [1.29, 1.82) is 0 Å². The largest absolute Gasteiger partial charge is 0.494 e. The van der Waals surface area contributed by atoms with E-state index in [0.717, 1.165) is 36.1 Å². The van der Waals surface area contributed by atoms with Gasteiger partial charge < -0.3 is 10.1 Å². The molecule has 0 aliphatic carbocycles. The van der Waals surface area contributed by atoms with Gasteiger partial charge in [0, 0.05) is 18.2 Å². The van der Waals surface area contributed by atoms with Crippen molar-refractivity contribution in [2.45, 2.75) is 45.1 Å². The number of hydrogen-bond donors (Lipinski definition) is 1. The van der Waals surface area contributed by atoms with E-state index >= 15 is 0 Å². The molecular weight excluding hydrogens is 286 g/mol. The topological polar surface area (TPSA) is 55.4 Å². The van der Waals surface area contributed by atoms with E-state index < -0.39 is 6.04 Å². The molecule has 0 bridgehead atoms. The minimum Gasteiger partial charge on any atom is -0.494 e. The van der Waals surface area contributed by atoms with Gasteiger partial charge in [-0.3, -0.25) is 9.59 Å². The Kier molecular flexibility index (Phi) is 6.11. The molecule has 1 aromatic rings. The molecule has 1 atom stereocenters. The summed E-state index contributed by atoms with van der Waals surface area (Å²) in [6, 6.07) is 7.34. The lowest BCUT2D eigenvalue weighted by atomic mass is 10.1. The highest BCUT2D eigenvalue weighted by Crippen LogP contribution is 2.20. The Balaban J connectivity index is 1.76. The zero-order valence-electron chi connectivity index (χ0n) is 12.3. The number of carbonyl (C=O) groups excluding carboxylic acids is 2. The van der Waals surface area contributed by atoms with Crippen molar-refractivity contribution in [2.24, 2.45) is 0 Å². The van der Waals surface area contributed by atoms with Gasteiger partial charge in [0.2, 0.25) is 5.12 Å². The summed E-state index contributed by atoms with van der Waals surface area (Å²) in [6.45, 7) is 2.93. The molecule has 0 radical (unpaired) electrons. The molecule has 0 aromatic heterocycles. The van der Waals surface area contributed by atoms with Crippen LogP contribution in [0.4, 0.5) is 4.79 Å². The number of amides is 1. The number of rotatable bonds is 8. The predicted molar refractivity (Wildman–Crippen MR) is 84.7 cm³/mol. The maximum Gasteiger partial charge on any atom is 0.287 e. The average molecular weight is 307 g/mol. The molecule has 1 unspecified atom stereocenters. The standard InChI is InChI=1S/C16H21NO3S/c1-2-3-4-5-10-20-13-8-6-12(7-9-13)11-14-15(18)21-16(19)17-14/h6-9,14H,2-5,10-11H2,1H3,(H,17,19). The Bertz CT molecular complexity index is 487. The summed E-state index contributed by atoms with van der Waals surface area (Å²) in [4.78, 5) is 22.7. The maximum atomic E-state index is 11.5. The third-order valence-electron chi connectivity index (χ3n) is 3.40. The van der Waals surface area contributed by atoms with Crippen LogP contribution in [0.15, 0.2) is 24.3 Å². The molecule has 1 aliphatic heterocycles. The SMILES string of the molecule is CCCCCCOc1ccc(CC2NC(=O)SC2=O)cc1. The number of hydrogen-bond acceptors (Lipinski definition) is 4. The van der Waals surface area contributed by atoms with Crippen LogP contribution in [0, 0.1) is 0 Å². The molecule has 5 heteroatoms. The van der Waals surface area contributed by atoms with Crippen LogP contribution in [0.25, 0.3) is 0 Å². The second-order valence-electron chi connectivity index (χ2n) is 5.16. The highest BCUT2D eigenvalue weighted by molar-refractivity contribution is 8.26. The third kappa shape index (κ3) is 5.08. The lowest BCUT2D eigenvalue weighted by Crippen LogP contribution is -2.30. The van der Waals surface area contributed by atoms with E-state index in [2.05, 4.69) is 12.2 Å². The van der Waals surface area contributed by atoms with Crippen LogP contribution in [0.5, 0.6) is 5.75 Å². The lowest BCUT2D eigenvalue weighted by Gasteiger charge is -2.09. The van der Waals surface area contributed by atoms with Crippen LogP contribution < -0.4 is 10.1 Å². The van der Waals surface area contributed by atoms with Crippen LogP contribution >= 0.6 is 11.8 Å². The van der Waals surface area contributed by atoms with Gasteiger partial charge in [-0.05, 0) is 24.1 Å². The molecule has 1 fully saturated rings. The predicted octanol–water partition coefficient (Wildman–Crippen LogP) is 3.54. The molecule has 114 valence electrons. The first-order valence-corrected chi connectivity index (χ1v) is 8.24. The molecule has 1 aromatic carbocycles. The Morgan fingerprint density at radius 2 is 1.90 bits per heavy atom. The first-order valence-electron chi connectivity index (χ1n) is 7.43. The monoisotopic (exact) mass is 307 g/mol. The van der Waals surface area contributed by atoms with Crippen molar-refractivity contribution in [2.75, 3.05) is 6.61 Å². The molecule has 21 heavy (non-hydrogen) atoms. The zero-order chi connectivity index (χ0) is 15.1. The number of ether oxygens (including phenoxy) is 1. The molecule has 1 aliphatic rings.